The quantitative estimate of drug-likeness (QED) is 0.689. The number of rotatable bonds is 3. The average molecular weight is 289 g/mol. The molecule has 2 heterocycles. The van der Waals surface area contributed by atoms with E-state index in [1.165, 1.54) is 17.8 Å². The fourth-order valence-electron chi connectivity index (χ4n) is 1.86. The van der Waals surface area contributed by atoms with Crippen LogP contribution in [-0.2, 0) is 0 Å². The van der Waals surface area contributed by atoms with Gasteiger partial charge >= 0.3 is 0 Å². The highest BCUT2D eigenvalue weighted by Crippen LogP contribution is 2.29. The number of halogens is 1. The number of aryl methyl sites for hydroxylation is 1. The van der Waals surface area contributed by atoms with Gasteiger partial charge in [0.1, 0.15) is 5.03 Å². The third-order valence-electron chi connectivity index (χ3n) is 2.76. The number of fused-ring (bicyclic) bond motifs is 1. The van der Waals surface area contributed by atoms with E-state index in [0.29, 0.717) is 11.4 Å². The number of nitrogens with zero attached hydrogens (tertiary/aromatic N) is 3. The van der Waals surface area contributed by atoms with Crippen LogP contribution in [0.1, 0.15) is 5.69 Å². The highest BCUT2D eigenvalue weighted by atomic mass is 32.2. The predicted molar refractivity (Wildman–Crippen MR) is 76.0 cm³/mol. The Morgan fingerprint density at radius 2 is 2.05 bits per heavy atom. The average Bonchev–Trinajstić information content (AvgIpc) is 2.81. The Morgan fingerprint density at radius 1 is 1.25 bits per heavy atom. The van der Waals surface area contributed by atoms with E-state index in [9.17, 15) is 4.39 Å². The van der Waals surface area contributed by atoms with Crippen molar-refractivity contribution in [2.45, 2.75) is 11.9 Å². The monoisotopic (exact) mass is 289 g/mol. The molecule has 1 aromatic carbocycles. The highest BCUT2D eigenvalue weighted by molar-refractivity contribution is 7.98. The number of hydrogen-bond donors (Lipinski definition) is 0. The van der Waals surface area contributed by atoms with Crippen LogP contribution in [-0.4, -0.2) is 20.9 Å². The molecule has 0 bridgehead atoms. The molecule has 0 fully saturated rings. The summed E-state index contributed by atoms with van der Waals surface area (Å²) in [6.07, 6.45) is 3.73. The van der Waals surface area contributed by atoms with E-state index in [-0.39, 0.29) is 5.75 Å². The Balaban J connectivity index is 2.12. The van der Waals surface area contributed by atoms with Crippen LogP contribution in [0.4, 0.5) is 4.39 Å². The molecular formula is C14H12FN3OS. The minimum atomic E-state index is -0.406. The van der Waals surface area contributed by atoms with Gasteiger partial charge in [-0.2, -0.15) is 5.10 Å². The minimum Gasteiger partial charge on any atom is -0.450 e. The molecule has 102 valence electrons. The molecule has 0 aliphatic heterocycles. The van der Waals surface area contributed by atoms with Gasteiger partial charge in [-0.3, -0.25) is 0 Å². The number of benzene rings is 1. The van der Waals surface area contributed by atoms with Gasteiger partial charge in [-0.25, -0.2) is 13.9 Å². The molecule has 20 heavy (non-hydrogen) atoms. The molecule has 0 saturated carbocycles. The van der Waals surface area contributed by atoms with Gasteiger partial charge in [-0.1, -0.05) is 12.1 Å². The standard InChI is InChI=1S/C14H12FN3OS/c1-9-8-18-14(16-9)12(7-13(17-18)20-2)19-11-6-4-3-5-10(11)15/h3-8H,1-2H3. The number of ether oxygens (including phenoxy) is 1. The Kier molecular flexibility index (Phi) is 3.31. The smallest absolute Gasteiger partial charge is 0.197 e. The SMILES string of the molecule is CSc1cc(Oc2ccccc2F)c2nc(C)cn2n1. The van der Waals surface area contributed by atoms with Gasteiger partial charge in [0, 0.05) is 6.07 Å². The molecule has 0 N–H and O–H groups in total. The van der Waals surface area contributed by atoms with Crippen LogP contribution in [0.3, 0.4) is 0 Å². The number of hydrogen-bond acceptors (Lipinski definition) is 4. The van der Waals surface area contributed by atoms with Gasteiger partial charge in [0.25, 0.3) is 0 Å². The topological polar surface area (TPSA) is 39.4 Å². The molecule has 0 aliphatic carbocycles. The van der Waals surface area contributed by atoms with Crippen LogP contribution < -0.4 is 4.74 Å². The molecule has 0 aliphatic rings. The highest BCUT2D eigenvalue weighted by Gasteiger charge is 2.12. The zero-order valence-electron chi connectivity index (χ0n) is 11.0. The van der Waals surface area contributed by atoms with Crippen molar-refractivity contribution < 1.29 is 9.13 Å². The van der Waals surface area contributed by atoms with E-state index < -0.39 is 5.82 Å². The molecule has 0 saturated heterocycles. The van der Waals surface area contributed by atoms with Crippen molar-refractivity contribution in [1.29, 1.82) is 0 Å². The van der Waals surface area contributed by atoms with Crippen molar-refractivity contribution in [2.24, 2.45) is 0 Å². The lowest BCUT2D eigenvalue weighted by atomic mass is 10.3. The fourth-order valence-corrected chi connectivity index (χ4v) is 2.26. The van der Waals surface area contributed by atoms with Crippen LogP contribution in [0.2, 0.25) is 0 Å². The molecule has 2 aromatic heterocycles. The molecule has 0 radical (unpaired) electrons. The predicted octanol–water partition coefficient (Wildman–Crippen LogP) is 3.69. The van der Waals surface area contributed by atoms with Crippen LogP contribution >= 0.6 is 11.8 Å². The van der Waals surface area contributed by atoms with Gasteiger partial charge in [-0.15, -0.1) is 11.8 Å². The normalized spacial score (nSPS) is 10.9. The first-order valence-corrected chi connectivity index (χ1v) is 7.23. The van der Waals surface area contributed by atoms with Crippen molar-refractivity contribution in [3.8, 4) is 11.5 Å². The third kappa shape index (κ3) is 2.34. The lowest BCUT2D eigenvalue weighted by molar-refractivity contribution is 0.441. The molecular weight excluding hydrogens is 277 g/mol. The lowest BCUT2D eigenvalue weighted by Gasteiger charge is -2.08. The molecule has 6 heteroatoms. The third-order valence-corrected chi connectivity index (χ3v) is 3.37. The number of para-hydroxylation sites is 1. The van der Waals surface area contributed by atoms with Crippen molar-refractivity contribution in [2.75, 3.05) is 6.26 Å². The second-order valence-corrected chi connectivity index (χ2v) is 5.06. The molecule has 4 nitrogen and oxygen atoms in total. The molecule has 0 spiro atoms. The van der Waals surface area contributed by atoms with E-state index in [4.69, 9.17) is 4.74 Å². The van der Waals surface area contributed by atoms with Crippen LogP contribution in [0.25, 0.3) is 5.65 Å². The van der Waals surface area contributed by atoms with Crippen LogP contribution in [0, 0.1) is 12.7 Å². The first kappa shape index (κ1) is 12.9. The first-order chi connectivity index (χ1) is 9.67. The molecule has 3 aromatic rings. The summed E-state index contributed by atoms with van der Waals surface area (Å²) in [7, 11) is 0. The summed E-state index contributed by atoms with van der Waals surface area (Å²) in [5.41, 5.74) is 1.40. The number of imidazole rings is 1. The van der Waals surface area contributed by atoms with Gasteiger partial charge < -0.3 is 4.74 Å². The van der Waals surface area contributed by atoms with Crippen LogP contribution in [0.15, 0.2) is 41.6 Å². The molecule has 0 atom stereocenters. The summed E-state index contributed by atoms with van der Waals surface area (Å²) >= 11 is 1.49. The van der Waals surface area contributed by atoms with Gasteiger partial charge in [-0.05, 0) is 25.3 Å². The maximum Gasteiger partial charge on any atom is 0.197 e. The summed E-state index contributed by atoms with van der Waals surface area (Å²) in [6.45, 7) is 1.88. The summed E-state index contributed by atoms with van der Waals surface area (Å²) < 4.78 is 21.0. The molecule has 0 unspecified atom stereocenters. The Labute approximate surface area is 119 Å². The van der Waals surface area contributed by atoms with E-state index in [0.717, 1.165) is 10.7 Å². The maximum absolute atomic E-state index is 13.7. The second-order valence-electron chi connectivity index (χ2n) is 4.23. The van der Waals surface area contributed by atoms with Gasteiger partial charge in [0.2, 0.25) is 0 Å². The van der Waals surface area contributed by atoms with Crippen molar-refractivity contribution in [3.63, 3.8) is 0 Å². The second kappa shape index (κ2) is 5.13. The Morgan fingerprint density at radius 3 is 2.80 bits per heavy atom. The molecule has 0 amide bonds. The van der Waals surface area contributed by atoms with Crippen molar-refractivity contribution in [1.82, 2.24) is 14.6 Å². The number of aromatic nitrogens is 3. The van der Waals surface area contributed by atoms with Gasteiger partial charge in [0.15, 0.2) is 23.0 Å². The summed E-state index contributed by atoms with van der Waals surface area (Å²) in [5, 5.41) is 5.16. The largest absolute Gasteiger partial charge is 0.450 e. The number of thioether (sulfide) groups is 1. The zero-order valence-corrected chi connectivity index (χ0v) is 11.8. The Bertz CT molecular complexity index is 772. The summed E-state index contributed by atoms with van der Waals surface area (Å²) in [5.74, 6) is 0.257. The zero-order chi connectivity index (χ0) is 14.1. The van der Waals surface area contributed by atoms with E-state index in [1.54, 1.807) is 28.8 Å². The van der Waals surface area contributed by atoms with Crippen molar-refractivity contribution in [3.05, 3.63) is 48.0 Å². The van der Waals surface area contributed by atoms with E-state index >= 15 is 0 Å². The van der Waals surface area contributed by atoms with E-state index in [2.05, 4.69) is 10.1 Å². The summed E-state index contributed by atoms with van der Waals surface area (Å²) in [4.78, 5) is 4.36. The summed E-state index contributed by atoms with van der Waals surface area (Å²) in [6, 6.07) is 8.06. The Hall–Kier alpha value is -2.08. The lowest BCUT2D eigenvalue weighted by Crippen LogP contribution is -1.97. The van der Waals surface area contributed by atoms with Crippen LogP contribution in [0.5, 0.6) is 11.5 Å². The van der Waals surface area contributed by atoms with Gasteiger partial charge in [0.05, 0.1) is 11.9 Å². The first-order valence-electron chi connectivity index (χ1n) is 6.01. The minimum absolute atomic E-state index is 0.174. The van der Waals surface area contributed by atoms with E-state index in [1.807, 2.05) is 19.4 Å². The fraction of sp³-hybridized carbons (Fsp3) is 0.143. The van der Waals surface area contributed by atoms with Crippen molar-refractivity contribution >= 4 is 17.4 Å². The molecule has 3 rings (SSSR count). The maximum atomic E-state index is 13.7.